The number of amides is 1. The minimum atomic E-state index is -0.877. The number of hydrogen-bond acceptors (Lipinski definition) is 3. The second kappa shape index (κ2) is 7.45. The zero-order valence-electron chi connectivity index (χ0n) is 13.1. The smallest absolute Gasteiger partial charge is 0.257 e. The second-order valence-electron chi connectivity index (χ2n) is 5.26. The van der Waals surface area contributed by atoms with Gasteiger partial charge < -0.3 is 10.6 Å². The SMILES string of the molecule is O=C(Nc1ccc(F)cc1F)c1ccc(Nc2ccc(F)c(Cl)c2)nc1. The fraction of sp³-hybridized carbons (Fsp3) is 0. The molecular formula is C18H11ClF3N3O. The average Bonchev–Trinajstić information content (AvgIpc) is 2.61. The highest BCUT2D eigenvalue weighted by molar-refractivity contribution is 6.31. The monoisotopic (exact) mass is 377 g/mol. The van der Waals surface area contributed by atoms with Crippen molar-refractivity contribution in [3.63, 3.8) is 0 Å². The molecule has 2 N–H and O–H groups in total. The molecule has 0 radical (unpaired) electrons. The molecule has 0 fully saturated rings. The van der Waals surface area contributed by atoms with E-state index in [0.717, 1.165) is 12.1 Å². The van der Waals surface area contributed by atoms with Gasteiger partial charge in [-0.15, -0.1) is 0 Å². The van der Waals surface area contributed by atoms with Gasteiger partial charge in [-0.05, 0) is 42.5 Å². The molecule has 8 heteroatoms. The van der Waals surface area contributed by atoms with Crippen molar-refractivity contribution in [2.24, 2.45) is 0 Å². The summed E-state index contributed by atoms with van der Waals surface area (Å²) in [6, 6.07) is 9.93. The van der Waals surface area contributed by atoms with Crippen molar-refractivity contribution in [3.05, 3.63) is 82.8 Å². The van der Waals surface area contributed by atoms with Gasteiger partial charge in [0.25, 0.3) is 5.91 Å². The van der Waals surface area contributed by atoms with Crippen LogP contribution in [-0.2, 0) is 0 Å². The summed E-state index contributed by atoms with van der Waals surface area (Å²) in [5, 5.41) is 5.21. The standard InChI is InChI=1S/C18H11ClF3N3O/c19-13-8-12(3-4-14(13)21)24-17-6-1-10(9-23-17)18(26)25-16-5-2-11(20)7-15(16)22/h1-9H,(H,23,24)(H,25,26). The Hall–Kier alpha value is -3.06. The van der Waals surface area contributed by atoms with Gasteiger partial charge in [0.05, 0.1) is 16.3 Å². The number of nitrogens with one attached hydrogen (secondary N) is 2. The van der Waals surface area contributed by atoms with Crippen LogP contribution in [0.5, 0.6) is 0 Å². The molecule has 0 aliphatic rings. The van der Waals surface area contributed by atoms with Crippen molar-refractivity contribution in [3.8, 4) is 0 Å². The molecule has 0 aliphatic carbocycles. The molecule has 26 heavy (non-hydrogen) atoms. The Balaban J connectivity index is 1.70. The topological polar surface area (TPSA) is 54.0 Å². The molecule has 0 bridgehead atoms. The lowest BCUT2D eigenvalue weighted by molar-refractivity contribution is 0.102. The maximum Gasteiger partial charge on any atom is 0.257 e. The molecule has 2 aromatic carbocycles. The molecule has 0 saturated carbocycles. The van der Waals surface area contributed by atoms with Crippen molar-refractivity contribution >= 4 is 34.7 Å². The molecule has 0 atom stereocenters. The van der Waals surface area contributed by atoms with Crippen LogP contribution >= 0.6 is 11.6 Å². The molecule has 1 heterocycles. The molecule has 0 aliphatic heterocycles. The lowest BCUT2D eigenvalue weighted by Gasteiger charge is -2.08. The summed E-state index contributed by atoms with van der Waals surface area (Å²) in [6.07, 6.45) is 1.28. The van der Waals surface area contributed by atoms with Gasteiger partial charge in [0.2, 0.25) is 0 Å². The van der Waals surface area contributed by atoms with E-state index < -0.39 is 23.4 Å². The number of carbonyl (C=O) groups is 1. The van der Waals surface area contributed by atoms with Gasteiger partial charge in [0.15, 0.2) is 0 Å². The number of benzene rings is 2. The third kappa shape index (κ3) is 4.12. The number of aromatic nitrogens is 1. The molecule has 0 unspecified atom stereocenters. The molecule has 132 valence electrons. The minimum Gasteiger partial charge on any atom is -0.340 e. The number of pyridine rings is 1. The van der Waals surface area contributed by atoms with Gasteiger partial charge >= 0.3 is 0 Å². The molecule has 3 aromatic rings. The summed E-state index contributed by atoms with van der Waals surface area (Å²) >= 11 is 5.70. The van der Waals surface area contributed by atoms with Gasteiger partial charge in [0.1, 0.15) is 23.3 Å². The first-order chi connectivity index (χ1) is 12.4. The number of rotatable bonds is 4. The van der Waals surface area contributed by atoms with Crippen molar-refractivity contribution in [2.75, 3.05) is 10.6 Å². The van der Waals surface area contributed by atoms with Crippen LogP contribution in [0.15, 0.2) is 54.7 Å². The molecular weight excluding hydrogens is 367 g/mol. The Labute approximate surface area is 151 Å². The van der Waals surface area contributed by atoms with Crippen LogP contribution in [0.3, 0.4) is 0 Å². The van der Waals surface area contributed by atoms with E-state index >= 15 is 0 Å². The van der Waals surface area contributed by atoms with Gasteiger partial charge in [-0.3, -0.25) is 4.79 Å². The quantitative estimate of drug-likeness (QED) is 0.661. The number of carbonyl (C=O) groups excluding carboxylic acids is 1. The minimum absolute atomic E-state index is 0.0349. The van der Waals surface area contributed by atoms with E-state index in [4.69, 9.17) is 11.6 Å². The van der Waals surface area contributed by atoms with E-state index in [1.165, 1.54) is 36.5 Å². The normalized spacial score (nSPS) is 10.5. The first-order valence-electron chi connectivity index (χ1n) is 7.37. The molecule has 0 saturated heterocycles. The highest BCUT2D eigenvalue weighted by atomic mass is 35.5. The Morgan fingerprint density at radius 1 is 0.962 bits per heavy atom. The number of hydrogen-bond donors (Lipinski definition) is 2. The van der Waals surface area contributed by atoms with Crippen molar-refractivity contribution < 1.29 is 18.0 Å². The third-order valence-corrected chi connectivity index (χ3v) is 3.69. The summed E-state index contributed by atoms with van der Waals surface area (Å²) in [5.41, 5.74) is 0.561. The average molecular weight is 378 g/mol. The Kier molecular flexibility index (Phi) is 5.09. The van der Waals surface area contributed by atoms with Crippen LogP contribution in [0.2, 0.25) is 5.02 Å². The Morgan fingerprint density at radius 3 is 2.42 bits per heavy atom. The van der Waals surface area contributed by atoms with Crippen LogP contribution in [0, 0.1) is 17.5 Å². The van der Waals surface area contributed by atoms with Crippen LogP contribution < -0.4 is 10.6 Å². The highest BCUT2D eigenvalue weighted by Crippen LogP contribution is 2.22. The molecule has 4 nitrogen and oxygen atoms in total. The lowest BCUT2D eigenvalue weighted by atomic mass is 10.2. The van der Waals surface area contributed by atoms with Crippen molar-refractivity contribution in [1.29, 1.82) is 0 Å². The van der Waals surface area contributed by atoms with Crippen molar-refractivity contribution in [2.45, 2.75) is 0 Å². The van der Waals surface area contributed by atoms with Crippen molar-refractivity contribution in [1.82, 2.24) is 4.98 Å². The van der Waals surface area contributed by atoms with Crippen LogP contribution in [0.25, 0.3) is 0 Å². The number of anilines is 3. The van der Waals surface area contributed by atoms with E-state index in [9.17, 15) is 18.0 Å². The number of nitrogens with zero attached hydrogens (tertiary/aromatic N) is 1. The maximum atomic E-state index is 13.6. The number of halogens is 4. The predicted molar refractivity (Wildman–Crippen MR) is 93.2 cm³/mol. The summed E-state index contributed by atoms with van der Waals surface area (Å²) in [5.74, 6) is -2.35. The molecule has 3 rings (SSSR count). The fourth-order valence-corrected chi connectivity index (χ4v) is 2.29. The zero-order valence-corrected chi connectivity index (χ0v) is 13.8. The Bertz CT molecular complexity index is 964. The molecule has 0 spiro atoms. The summed E-state index contributed by atoms with van der Waals surface area (Å²) in [6.45, 7) is 0. The lowest BCUT2D eigenvalue weighted by Crippen LogP contribution is -2.13. The highest BCUT2D eigenvalue weighted by Gasteiger charge is 2.11. The largest absolute Gasteiger partial charge is 0.340 e. The second-order valence-corrected chi connectivity index (χ2v) is 5.67. The van der Waals surface area contributed by atoms with Gasteiger partial charge in [0, 0.05) is 18.0 Å². The van der Waals surface area contributed by atoms with E-state index in [2.05, 4.69) is 15.6 Å². The van der Waals surface area contributed by atoms with Crippen LogP contribution in [0.4, 0.5) is 30.4 Å². The third-order valence-electron chi connectivity index (χ3n) is 3.40. The zero-order chi connectivity index (χ0) is 18.7. The predicted octanol–water partition coefficient (Wildman–Crippen LogP) is 5.15. The maximum absolute atomic E-state index is 13.6. The Morgan fingerprint density at radius 2 is 1.77 bits per heavy atom. The van der Waals surface area contributed by atoms with E-state index in [1.54, 1.807) is 0 Å². The van der Waals surface area contributed by atoms with E-state index in [1.807, 2.05) is 0 Å². The van der Waals surface area contributed by atoms with Gasteiger partial charge in [-0.1, -0.05) is 11.6 Å². The summed E-state index contributed by atoms with van der Waals surface area (Å²) in [4.78, 5) is 16.2. The fourth-order valence-electron chi connectivity index (χ4n) is 2.11. The van der Waals surface area contributed by atoms with E-state index in [-0.39, 0.29) is 16.3 Å². The molecule has 1 amide bonds. The van der Waals surface area contributed by atoms with Gasteiger partial charge in [-0.25, -0.2) is 18.2 Å². The first-order valence-corrected chi connectivity index (χ1v) is 7.75. The summed E-state index contributed by atoms with van der Waals surface area (Å²) < 4.78 is 39.6. The van der Waals surface area contributed by atoms with Crippen LogP contribution in [-0.4, -0.2) is 10.9 Å². The van der Waals surface area contributed by atoms with Gasteiger partial charge in [-0.2, -0.15) is 0 Å². The molecule has 1 aromatic heterocycles. The summed E-state index contributed by atoms with van der Waals surface area (Å²) in [7, 11) is 0. The van der Waals surface area contributed by atoms with E-state index in [0.29, 0.717) is 17.6 Å². The first kappa shape index (κ1) is 17.8. The van der Waals surface area contributed by atoms with Crippen LogP contribution in [0.1, 0.15) is 10.4 Å².